The van der Waals surface area contributed by atoms with Gasteiger partial charge in [-0.15, -0.1) is 0 Å². The Hall–Kier alpha value is -2.74. The largest absolute Gasteiger partial charge is 0.370 e. The lowest BCUT2D eigenvalue weighted by Gasteiger charge is -2.37. The zero-order valence-corrected chi connectivity index (χ0v) is 18.4. The summed E-state index contributed by atoms with van der Waals surface area (Å²) in [5.41, 5.74) is 1.55. The van der Waals surface area contributed by atoms with Gasteiger partial charge >= 0.3 is 0 Å². The maximum atomic E-state index is 13.1. The maximum absolute atomic E-state index is 13.1. The van der Waals surface area contributed by atoms with Crippen LogP contribution in [0.4, 0.5) is 5.69 Å². The highest BCUT2D eigenvalue weighted by Gasteiger charge is 2.45. The van der Waals surface area contributed by atoms with Crippen molar-refractivity contribution >= 4 is 29.3 Å². The van der Waals surface area contributed by atoms with Crippen molar-refractivity contribution in [3.05, 3.63) is 29.3 Å². The highest BCUT2D eigenvalue weighted by molar-refractivity contribution is 6.23. The molecule has 0 aromatic heterocycles. The molecule has 0 spiro atoms. The van der Waals surface area contributed by atoms with Gasteiger partial charge in [-0.1, -0.05) is 13.8 Å². The first-order chi connectivity index (χ1) is 14.9. The number of hydrogen-bond donors (Lipinski definition) is 1. The molecular formula is C23H30N4O4. The average molecular weight is 427 g/mol. The van der Waals surface area contributed by atoms with E-state index in [0.29, 0.717) is 23.2 Å². The number of rotatable bonds is 6. The van der Waals surface area contributed by atoms with E-state index in [2.05, 4.69) is 29.0 Å². The molecule has 0 radical (unpaired) electrons. The number of likely N-dealkylation sites (N-methyl/N-ethyl adjacent to an activating group) is 2. The number of anilines is 1. The SMILES string of the molecule is CCN(CC)C1CCCC1N(C)c1ccc2c(c1)C(=O)N(C1CCC(=O)NC1=O)C2=O. The van der Waals surface area contributed by atoms with Gasteiger partial charge < -0.3 is 4.90 Å². The molecule has 0 bridgehead atoms. The molecule has 3 unspecified atom stereocenters. The van der Waals surface area contributed by atoms with Crippen molar-refractivity contribution in [3.8, 4) is 0 Å². The summed E-state index contributed by atoms with van der Waals surface area (Å²) in [6.45, 7) is 6.37. The molecule has 1 aromatic carbocycles. The Morgan fingerprint density at radius 1 is 0.968 bits per heavy atom. The van der Waals surface area contributed by atoms with E-state index in [9.17, 15) is 19.2 Å². The molecule has 2 heterocycles. The second-order valence-electron chi connectivity index (χ2n) is 8.57. The standard InChI is InChI=1S/C23H30N4O4/c1-4-26(5-2)18-8-6-7-17(18)25(3)14-9-10-15-16(13-14)23(31)27(22(15)30)19-11-12-20(28)24-21(19)29/h9-10,13,17-19H,4-8,11-12H2,1-3H3,(H,24,28,29). The van der Waals surface area contributed by atoms with Crippen molar-refractivity contribution in [1.29, 1.82) is 0 Å². The smallest absolute Gasteiger partial charge is 0.262 e. The van der Waals surface area contributed by atoms with Crippen LogP contribution in [0.1, 0.15) is 66.7 Å². The van der Waals surface area contributed by atoms with E-state index in [0.717, 1.165) is 36.5 Å². The fourth-order valence-electron chi connectivity index (χ4n) is 5.36. The molecule has 8 heteroatoms. The topological polar surface area (TPSA) is 90.0 Å². The summed E-state index contributed by atoms with van der Waals surface area (Å²) >= 11 is 0. The summed E-state index contributed by atoms with van der Waals surface area (Å²) in [7, 11) is 2.05. The molecule has 8 nitrogen and oxygen atoms in total. The van der Waals surface area contributed by atoms with E-state index in [4.69, 9.17) is 0 Å². The quantitative estimate of drug-likeness (QED) is 0.698. The zero-order chi connectivity index (χ0) is 22.3. The first-order valence-corrected chi connectivity index (χ1v) is 11.2. The number of nitrogens with zero attached hydrogens (tertiary/aromatic N) is 3. The summed E-state index contributed by atoms with van der Waals surface area (Å²) in [5, 5.41) is 2.23. The Kier molecular flexibility index (Phi) is 5.83. The number of amides is 4. The number of imide groups is 2. The van der Waals surface area contributed by atoms with Crippen molar-refractivity contribution in [3.63, 3.8) is 0 Å². The van der Waals surface area contributed by atoms with Crippen LogP contribution in [-0.2, 0) is 9.59 Å². The van der Waals surface area contributed by atoms with Crippen LogP contribution in [-0.4, -0.2) is 71.7 Å². The van der Waals surface area contributed by atoms with Gasteiger partial charge in [-0.05, 0) is 57.0 Å². The number of nitrogens with one attached hydrogen (secondary N) is 1. The molecule has 1 saturated carbocycles. The molecule has 2 fully saturated rings. The molecular weight excluding hydrogens is 396 g/mol. The summed E-state index contributed by atoms with van der Waals surface area (Å²) in [5.74, 6) is -1.89. The summed E-state index contributed by atoms with van der Waals surface area (Å²) < 4.78 is 0. The van der Waals surface area contributed by atoms with Gasteiger partial charge in [0.2, 0.25) is 11.8 Å². The first-order valence-electron chi connectivity index (χ1n) is 11.2. The van der Waals surface area contributed by atoms with Crippen molar-refractivity contribution < 1.29 is 19.2 Å². The molecule has 1 saturated heterocycles. The van der Waals surface area contributed by atoms with Gasteiger partial charge in [-0.2, -0.15) is 0 Å². The van der Waals surface area contributed by atoms with Crippen molar-refractivity contribution in [2.24, 2.45) is 0 Å². The fourth-order valence-corrected chi connectivity index (χ4v) is 5.36. The van der Waals surface area contributed by atoms with Crippen LogP contribution in [0.15, 0.2) is 18.2 Å². The summed E-state index contributed by atoms with van der Waals surface area (Å²) in [4.78, 5) is 55.4. The van der Waals surface area contributed by atoms with Crippen LogP contribution in [0.2, 0.25) is 0 Å². The van der Waals surface area contributed by atoms with Crippen molar-refractivity contribution in [1.82, 2.24) is 15.1 Å². The molecule has 166 valence electrons. The van der Waals surface area contributed by atoms with Crippen LogP contribution in [0, 0.1) is 0 Å². The predicted molar refractivity (Wildman–Crippen MR) is 116 cm³/mol. The van der Waals surface area contributed by atoms with Crippen LogP contribution in [0.5, 0.6) is 0 Å². The third-order valence-electron chi connectivity index (χ3n) is 7.05. The molecule has 1 N–H and O–H groups in total. The highest BCUT2D eigenvalue weighted by Crippen LogP contribution is 2.34. The predicted octanol–water partition coefficient (Wildman–Crippen LogP) is 1.79. The molecule has 4 amide bonds. The lowest BCUT2D eigenvalue weighted by Crippen LogP contribution is -2.54. The molecule has 2 aliphatic heterocycles. The molecule has 31 heavy (non-hydrogen) atoms. The van der Waals surface area contributed by atoms with E-state index in [1.165, 1.54) is 6.42 Å². The number of carbonyl (C=O) groups excluding carboxylic acids is 4. The fraction of sp³-hybridized carbons (Fsp3) is 0.565. The summed E-state index contributed by atoms with van der Waals surface area (Å²) in [6, 6.07) is 5.22. The van der Waals surface area contributed by atoms with E-state index in [1.54, 1.807) is 12.1 Å². The number of carbonyl (C=O) groups is 4. The van der Waals surface area contributed by atoms with Crippen molar-refractivity contribution in [2.45, 2.75) is 64.1 Å². The lowest BCUT2D eigenvalue weighted by molar-refractivity contribution is -0.136. The average Bonchev–Trinajstić information content (AvgIpc) is 3.33. The molecule has 1 aromatic rings. The molecule has 3 aliphatic rings. The number of benzene rings is 1. The van der Waals surface area contributed by atoms with Crippen LogP contribution < -0.4 is 10.2 Å². The number of piperidine rings is 1. The van der Waals surface area contributed by atoms with Gasteiger partial charge in [0, 0.05) is 31.2 Å². The van der Waals surface area contributed by atoms with E-state index in [-0.39, 0.29) is 18.7 Å². The van der Waals surface area contributed by atoms with Gasteiger partial charge in [0.25, 0.3) is 11.8 Å². The van der Waals surface area contributed by atoms with E-state index < -0.39 is 23.8 Å². The highest BCUT2D eigenvalue weighted by atomic mass is 16.2. The summed E-state index contributed by atoms with van der Waals surface area (Å²) in [6.07, 6.45) is 3.69. The Labute approximate surface area is 182 Å². The van der Waals surface area contributed by atoms with Gasteiger partial charge in [0.15, 0.2) is 0 Å². The zero-order valence-electron chi connectivity index (χ0n) is 18.4. The minimum absolute atomic E-state index is 0.117. The third kappa shape index (κ3) is 3.63. The van der Waals surface area contributed by atoms with Gasteiger partial charge in [-0.25, -0.2) is 0 Å². The lowest BCUT2D eigenvalue weighted by atomic mass is 10.0. The third-order valence-corrected chi connectivity index (χ3v) is 7.05. The minimum atomic E-state index is -0.937. The van der Waals surface area contributed by atoms with Crippen LogP contribution in [0.3, 0.4) is 0 Å². The molecule has 1 aliphatic carbocycles. The maximum Gasteiger partial charge on any atom is 0.262 e. The second kappa shape index (κ2) is 8.42. The normalized spacial score (nSPS) is 25.9. The Balaban J connectivity index is 1.58. The van der Waals surface area contributed by atoms with Gasteiger partial charge in [0.1, 0.15) is 6.04 Å². The van der Waals surface area contributed by atoms with E-state index in [1.807, 2.05) is 13.1 Å². The van der Waals surface area contributed by atoms with Gasteiger partial charge in [0.05, 0.1) is 11.1 Å². The van der Waals surface area contributed by atoms with Gasteiger partial charge in [-0.3, -0.25) is 34.3 Å². The Morgan fingerprint density at radius 2 is 1.65 bits per heavy atom. The monoisotopic (exact) mass is 426 g/mol. The second-order valence-corrected chi connectivity index (χ2v) is 8.57. The number of fused-ring (bicyclic) bond motifs is 1. The van der Waals surface area contributed by atoms with E-state index >= 15 is 0 Å². The van der Waals surface area contributed by atoms with Crippen LogP contribution in [0.25, 0.3) is 0 Å². The molecule has 4 rings (SSSR count). The Bertz CT molecular complexity index is 926. The molecule has 3 atom stereocenters. The number of hydrogen-bond acceptors (Lipinski definition) is 6. The Morgan fingerprint density at radius 3 is 2.32 bits per heavy atom. The van der Waals surface area contributed by atoms with Crippen LogP contribution >= 0.6 is 0 Å². The minimum Gasteiger partial charge on any atom is -0.370 e. The first kappa shape index (κ1) is 21.5. The van der Waals surface area contributed by atoms with Crippen molar-refractivity contribution in [2.75, 3.05) is 25.0 Å².